The zero-order chi connectivity index (χ0) is 19.7. The van der Waals surface area contributed by atoms with Gasteiger partial charge < -0.3 is 14.2 Å². The first kappa shape index (κ1) is 18.8. The van der Waals surface area contributed by atoms with Crippen molar-refractivity contribution >= 4 is 34.0 Å². The summed E-state index contributed by atoms with van der Waals surface area (Å²) in [4.78, 5) is 13.6. The fourth-order valence-electron chi connectivity index (χ4n) is 3.23. The molecule has 1 amide bonds. The topological polar surface area (TPSA) is 105 Å². The van der Waals surface area contributed by atoms with Gasteiger partial charge >= 0.3 is 0 Å². The molecule has 0 fully saturated rings. The number of hydrogen-bond acceptors (Lipinski definition) is 8. The Hall–Kier alpha value is -2.57. The molecule has 1 atom stereocenters. The molecule has 0 radical (unpaired) electrons. The van der Waals surface area contributed by atoms with Crippen LogP contribution < -0.4 is 5.32 Å². The van der Waals surface area contributed by atoms with Crippen molar-refractivity contribution in [2.75, 3.05) is 11.1 Å². The van der Waals surface area contributed by atoms with E-state index < -0.39 is 0 Å². The number of aromatic nitrogens is 2. The van der Waals surface area contributed by atoms with Crippen LogP contribution in [0, 0.1) is 24.2 Å². The van der Waals surface area contributed by atoms with Crippen LogP contribution in [0.2, 0.25) is 0 Å². The Bertz CT molecular complexity index is 1060. The number of furan rings is 1. The van der Waals surface area contributed by atoms with Crippen molar-refractivity contribution in [3.05, 3.63) is 34.1 Å². The van der Waals surface area contributed by atoms with E-state index in [-0.39, 0.29) is 11.7 Å². The number of rotatable bonds is 5. The molecule has 0 unspecified atom stereocenters. The lowest BCUT2D eigenvalue weighted by Gasteiger charge is -2.17. The maximum Gasteiger partial charge on any atom is 0.277 e. The average Bonchev–Trinajstić information content (AvgIpc) is 3.37. The zero-order valence-corrected chi connectivity index (χ0v) is 17.1. The molecule has 0 saturated heterocycles. The second-order valence-corrected chi connectivity index (χ2v) is 8.80. The Balaban J connectivity index is 1.40. The summed E-state index contributed by atoms with van der Waals surface area (Å²) in [5, 5.41) is 21.3. The number of nitriles is 1. The summed E-state index contributed by atoms with van der Waals surface area (Å²) in [6, 6.07) is 4.02. The Morgan fingerprint density at radius 1 is 1.50 bits per heavy atom. The van der Waals surface area contributed by atoms with Crippen LogP contribution in [0.15, 0.2) is 26.4 Å². The first-order valence-corrected chi connectivity index (χ1v) is 10.7. The Morgan fingerprint density at radius 2 is 2.36 bits per heavy atom. The molecule has 28 heavy (non-hydrogen) atoms. The lowest BCUT2D eigenvalue weighted by Crippen LogP contribution is -2.14. The van der Waals surface area contributed by atoms with Crippen molar-refractivity contribution in [2.24, 2.45) is 5.92 Å². The van der Waals surface area contributed by atoms with Crippen LogP contribution in [-0.4, -0.2) is 21.9 Å². The minimum Gasteiger partial charge on any atom is -0.469 e. The van der Waals surface area contributed by atoms with Gasteiger partial charge in [-0.2, -0.15) is 5.26 Å². The molecule has 3 heterocycles. The highest BCUT2D eigenvalue weighted by atomic mass is 32.2. The maximum atomic E-state index is 12.4. The first-order valence-electron chi connectivity index (χ1n) is 8.90. The molecule has 3 aromatic heterocycles. The number of carbonyl (C=O) groups is 1. The number of nitrogens with zero attached hydrogens (tertiary/aromatic N) is 3. The van der Waals surface area contributed by atoms with Crippen LogP contribution >= 0.6 is 23.1 Å². The molecule has 0 spiro atoms. The van der Waals surface area contributed by atoms with E-state index in [2.05, 4.69) is 28.5 Å². The van der Waals surface area contributed by atoms with Gasteiger partial charge in [0.15, 0.2) is 0 Å². The minimum atomic E-state index is -0.201. The van der Waals surface area contributed by atoms with Gasteiger partial charge in [0.2, 0.25) is 5.91 Å². The fraction of sp³-hybridized carbons (Fsp3) is 0.368. The molecule has 4 rings (SSSR count). The number of nitrogens with one attached hydrogen (secondary N) is 1. The second-order valence-electron chi connectivity index (χ2n) is 6.77. The Kier molecular flexibility index (Phi) is 5.24. The third-order valence-corrected chi connectivity index (χ3v) is 6.69. The van der Waals surface area contributed by atoms with Gasteiger partial charge in [0, 0.05) is 4.88 Å². The molecular formula is C19H18N4O3S2. The number of thiophene rings is 1. The summed E-state index contributed by atoms with van der Waals surface area (Å²) in [5.41, 5.74) is 2.45. The predicted molar refractivity (Wildman–Crippen MR) is 106 cm³/mol. The van der Waals surface area contributed by atoms with Crippen LogP contribution in [0.1, 0.15) is 35.1 Å². The van der Waals surface area contributed by atoms with E-state index in [0.717, 1.165) is 42.2 Å². The van der Waals surface area contributed by atoms with Crippen molar-refractivity contribution < 1.29 is 13.6 Å². The van der Waals surface area contributed by atoms with Gasteiger partial charge in [-0.3, -0.25) is 4.79 Å². The number of hydrogen-bond donors (Lipinski definition) is 1. The highest BCUT2D eigenvalue weighted by molar-refractivity contribution is 7.99. The number of carbonyl (C=O) groups excluding carboxylic acids is 1. The van der Waals surface area contributed by atoms with Crippen molar-refractivity contribution in [1.29, 1.82) is 5.26 Å². The van der Waals surface area contributed by atoms with Gasteiger partial charge in [-0.05, 0) is 43.7 Å². The molecule has 0 bridgehead atoms. The summed E-state index contributed by atoms with van der Waals surface area (Å²) in [7, 11) is 0. The molecule has 0 saturated carbocycles. The van der Waals surface area contributed by atoms with Crippen molar-refractivity contribution in [2.45, 2.75) is 38.3 Å². The van der Waals surface area contributed by atoms with Gasteiger partial charge in [-0.25, -0.2) is 0 Å². The molecular weight excluding hydrogens is 396 g/mol. The molecule has 3 aromatic rings. The molecule has 144 valence electrons. The van der Waals surface area contributed by atoms with Crippen molar-refractivity contribution in [1.82, 2.24) is 10.2 Å². The van der Waals surface area contributed by atoms with Gasteiger partial charge in [0.25, 0.3) is 11.1 Å². The fourth-order valence-corrected chi connectivity index (χ4v) is 5.17. The molecule has 1 aliphatic rings. The van der Waals surface area contributed by atoms with Crippen LogP contribution in [0.5, 0.6) is 0 Å². The standard InChI is InChI=1S/C19H18N4O3S2/c1-10-3-4-13-14(8-20)18(28-15(13)7-10)21-16(24)9-27-19-23-22-17(26-19)12-5-6-25-11(12)2/h5-6,10H,3-4,7,9H2,1-2H3,(H,21,24)/t10-/m0/s1. The Morgan fingerprint density at radius 3 is 3.11 bits per heavy atom. The lowest BCUT2D eigenvalue weighted by molar-refractivity contribution is -0.113. The second kappa shape index (κ2) is 7.81. The van der Waals surface area contributed by atoms with E-state index in [0.29, 0.717) is 33.4 Å². The van der Waals surface area contributed by atoms with E-state index in [1.165, 1.54) is 16.2 Å². The molecule has 1 aliphatic carbocycles. The summed E-state index contributed by atoms with van der Waals surface area (Å²) in [6.07, 6.45) is 4.51. The predicted octanol–water partition coefficient (Wildman–Crippen LogP) is 4.43. The molecule has 0 aromatic carbocycles. The van der Waals surface area contributed by atoms with E-state index in [1.54, 1.807) is 12.3 Å². The van der Waals surface area contributed by atoms with Crippen LogP contribution in [0.4, 0.5) is 5.00 Å². The largest absolute Gasteiger partial charge is 0.469 e. The average molecular weight is 415 g/mol. The lowest BCUT2D eigenvalue weighted by atomic mass is 9.89. The van der Waals surface area contributed by atoms with Crippen molar-refractivity contribution in [3.63, 3.8) is 0 Å². The normalized spacial score (nSPS) is 15.8. The van der Waals surface area contributed by atoms with Crippen molar-refractivity contribution in [3.8, 4) is 17.5 Å². The van der Waals surface area contributed by atoms with E-state index in [1.807, 2.05) is 6.92 Å². The van der Waals surface area contributed by atoms with Crippen LogP contribution in [0.25, 0.3) is 11.5 Å². The number of amides is 1. The highest BCUT2D eigenvalue weighted by Gasteiger charge is 2.24. The van der Waals surface area contributed by atoms with Crippen LogP contribution in [0.3, 0.4) is 0 Å². The number of thioether (sulfide) groups is 1. The van der Waals surface area contributed by atoms with E-state index in [4.69, 9.17) is 8.83 Å². The molecule has 7 nitrogen and oxygen atoms in total. The quantitative estimate of drug-likeness (QED) is 0.616. The smallest absolute Gasteiger partial charge is 0.277 e. The number of anilines is 1. The Labute approximate surface area is 170 Å². The zero-order valence-electron chi connectivity index (χ0n) is 15.4. The van der Waals surface area contributed by atoms with E-state index >= 15 is 0 Å². The minimum absolute atomic E-state index is 0.121. The molecule has 1 N–H and O–H groups in total. The first-order chi connectivity index (χ1) is 13.5. The van der Waals surface area contributed by atoms with Gasteiger partial charge in [-0.15, -0.1) is 21.5 Å². The van der Waals surface area contributed by atoms with Gasteiger partial charge in [0.1, 0.15) is 16.8 Å². The summed E-state index contributed by atoms with van der Waals surface area (Å²) in [6.45, 7) is 4.03. The highest BCUT2D eigenvalue weighted by Crippen LogP contribution is 2.39. The molecule has 0 aliphatic heterocycles. The summed E-state index contributed by atoms with van der Waals surface area (Å²) in [5.74, 6) is 1.59. The SMILES string of the molecule is Cc1occc1-c1nnc(SCC(=O)Nc2sc3c(c2C#N)CC[C@H](C)C3)o1. The summed E-state index contributed by atoms with van der Waals surface area (Å²) >= 11 is 2.68. The molecule has 9 heteroatoms. The van der Waals surface area contributed by atoms with Crippen LogP contribution in [-0.2, 0) is 17.6 Å². The number of fused-ring (bicyclic) bond motifs is 1. The van der Waals surface area contributed by atoms with E-state index in [9.17, 15) is 10.1 Å². The van der Waals surface area contributed by atoms with Gasteiger partial charge in [0.05, 0.1) is 23.1 Å². The van der Waals surface area contributed by atoms with Gasteiger partial charge in [-0.1, -0.05) is 18.7 Å². The monoisotopic (exact) mass is 414 g/mol. The number of aryl methyl sites for hydroxylation is 1. The maximum absolute atomic E-state index is 12.4. The third kappa shape index (κ3) is 3.70. The third-order valence-electron chi connectivity index (χ3n) is 4.70. The summed E-state index contributed by atoms with van der Waals surface area (Å²) < 4.78 is 10.8.